The Hall–Kier alpha value is -2.06. The van der Waals surface area contributed by atoms with Gasteiger partial charge in [0, 0.05) is 0 Å². The lowest BCUT2D eigenvalue weighted by Crippen LogP contribution is -2.66. The van der Waals surface area contributed by atoms with Crippen LogP contribution in [0.1, 0.15) is 20.8 Å². The van der Waals surface area contributed by atoms with Gasteiger partial charge >= 0.3 is 0 Å². The third-order valence-corrected chi connectivity index (χ3v) is 11.1. The average molecular weight is 559 g/mol. The van der Waals surface area contributed by atoms with Gasteiger partial charge in [0.15, 0.2) is 0 Å². The number of benzene rings is 2. The highest BCUT2D eigenvalue weighted by atomic mass is 28.4. The van der Waals surface area contributed by atoms with Gasteiger partial charge in [-0.3, -0.25) is 0 Å². The topological polar surface area (TPSA) is 64.6 Å². The molecule has 0 aliphatic carbocycles. The van der Waals surface area contributed by atoms with Crippen molar-refractivity contribution in [3.8, 4) is 12.3 Å². The van der Waals surface area contributed by atoms with Crippen LogP contribution in [0.4, 0.5) is 0 Å². The Kier molecular flexibility index (Phi) is 16.9. The molecule has 7 nitrogen and oxygen atoms in total. The predicted molar refractivity (Wildman–Crippen MR) is 157 cm³/mol. The molecule has 0 radical (unpaired) electrons. The van der Waals surface area contributed by atoms with Crippen molar-refractivity contribution in [2.75, 3.05) is 85.9 Å². The molecule has 2 aromatic carbocycles. The number of hydrogen-bond acceptors (Lipinski definition) is 7. The SMILES string of the molecule is C#CCOCCOCCOCCOCCOCCOCCO[Si](c1ccccc1)(c1ccccc1)C(C)(C)C. The molecule has 0 amide bonds. The Morgan fingerprint density at radius 1 is 0.538 bits per heavy atom. The Labute approximate surface area is 236 Å². The molecule has 0 fully saturated rings. The summed E-state index contributed by atoms with van der Waals surface area (Å²) < 4.78 is 39.7. The monoisotopic (exact) mass is 558 g/mol. The number of hydrogen-bond donors (Lipinski definition) is 0. The predicted octanol–water partition coefficient (Wildman–Crippen LogP) is 3.30. The number of ether oxygens (including phenoxy) is 6. The van der Waals surface area contributed by atoms with Gasteiger partial charge in [-0.2, -0.15) is 0 Å². The van der Waals surface area contributed by atoms with E-state index < -0.39 is 8.32 Å². The molecule has 2 rings (SSSR count). The zero-order chi connectivity index (χ0) is 28.1. The standard InChI is InChI=1S/C31H46O7Si/c1-5-16-32-17-18-33-19-20-34-21-22-35-23-24-36-25-26-37-27-28-38-39(31(2,3)4,29-12-8-6-9-13-29)30-14-10-7-11-15-30/h1,6-15H,16-28H2,2-4H3. The third kappa shape index (κ3) is 12.3. The zero-order valence-electron chi connectivity index (χ0n) is 23.9. The van der Waals surface area contributed by atoms with E-state index in [0.717, 1.165) is 0 Å². The summed E-state index contributed by atoms with van der Waals surface area (Å²) in [5.41, 5.74) is 0. The van der Waals surface area contributed by atoms with Gasteiger partial charge < -0.3 is 32.8 Å². The second-order valence-corrected chi connectivity index (χ2v) is 14.1. The Morgan fingerprint density at radius 3 is 1.21 bits per heavy atom. The van der Waals surface area contributed by atoms with Crippen LogP contribution in [0.2, 0.25) is 5.04 Å². The van der Waals surface area contributed by atoms with E-state index in [9.17, 15) is 0 Å². The fourth-order valence-electron chi connectivity index (χ4n) is 4.25. The minimum atomic E-state index is -2.52. The lowest BCUT2D eigenvalue weighted by Gasteiger charge is -2.43. The number of rotatable bonds is 22. The Morgan fingerprint density at radius 2 is 0.872 bits per heavy atom. The molecule has 2 aromatic rings. The van der Waals surface area contributed by atoms with E-state index in [1.54, 1.807) is 0 Å². The van der Waals surface area contributed by atoms with Crippen LogP contribution in [-0.2, 0) is 32.8 Å². The normalized spacial score (nSPS) is 11.9. The van der Waals surface area contributed by atoms with E-state index in [-0.39, 0.29) is 5.04 Å². The number of terminal acetylenes is 1. The van der Waals surface area contributed by atoms with Gasteiger partial charge in [0.25, 0.3) is 8.32 Å². The molecular weight excluding hydrogens is 512 g/mol. The summed E-state index contributed by atoms with van der Waals surface area (Å²) in [5.74, 6) is 2.41. The average Bonchev–Trinajstić information content (AvgIpc) is 2.94. The first-order valence-electron chi connectivity index (χ1n) is 13.7. The van der Waals surface area contributed by atoms with E-state index in [1.165, 1.54) is 10.4 Å². The maximum absolute atomic E-state index is 6.82. The molecule has 216 valence electrons. The summed E-state index contributed by atoms with van der Waals surface area (Å²) >= 11 is 0. The first-order chi connectivity index (χ1) is 19.0. The highest BCUT2D eigenvalue weighted by Gasteiger charge is 2.49. The molecule has 0 bridgehead atoms. The van der Waals surface area contributed by atoms with Crippen molar-refractivity contribution in [2.45, 2.75) is 25.8 Å². The first-order valence-corrected chi connectivity index (χ1v) is 15.6. The molecule has 0 unspecified atom stereocenters. The largest absolute Gasteiger partial charge is 0.405 e. The molecule has 8 heteroatoms. The summed E-state index contributed by atoms with van der Waals surface area (Å²) in [6.45, 7) is 13.3. The summed E-state index contributed by atoms with van der Waals surface area (Å²) in [5, 5.41) is 2.50. The van der Waals surface area contributed by atoms with Crippen molar-refractivity contribution in [1.29, 1.82) is 0 Å². The molecule has 0 atom stereocenters. The van der Waals surface area contributed by atoms with Crippen LogP contribution < -0.4 is 10.4 Å². The highest BCUT2D eigenvalue weighted by molar-refractivity contribution is 6.99. The molecule has 0 saturated heterocycles. The molecule has 0 heterocycles. The molecule has 0 saturated carbocycles. The van der Waals surface area contributed by atoms with Crippen LogP contribution in [0.5, 0.6) is 0 Å². The quantitative estimate of drug-likeness (QED) is 0.125. The van der Waals surface area contributed by atoms with Crippen molar-refractivity contribution in [2.24, 2.45) is 0 Å². The van der Waals surface area contributed by atoms with Gasteiger partial charge in [-0.05, 0) is 15.4 Å². The minimum absolute atomic E-state index is 0.0461. The summed E-state index contributed by atoms with van der Waals surface area (Å²) in [4.78, 5) is 0. The first kappa shape index (κ1) is 33.1. The van der Waals surface area contributed by atoms with Crippen molar-refractivity contribution in [1.82, 2.24) is 0 Å². The maximum atomic E-state index is 6.82. The molecule has 0 aliphatic rings. The van der Waals surface area contributed by atoms with E-state index in [4.69, 9.17) is 39.3 Å². The lowest BCUT2D eigenvalue weighted by atomic mass is 10.2. The lowest BCUT2D eigenvalue weighted by molar-refractivity contribution is -0.0168. The van der Waals surface area contributed by atoms with E-state index in [0.29, 0.717) is 85.9 Å². The maximum Gasteiger partial charge on any atom is 0.261 e. The summed E-state index contributed by atoms with van der Waals surface area (Å²) in [6.07, 6.45) is 5.09. The van der Waals surface area contributed by atoms with Crippen molar-refractivity contribution < 1.29 is 32.8 Å². The fourth-order valence-corrected chi connectivity index (χ4v) is 8.79. The van der Waals surface area contributed by atoms with Gasteiger partial charge in [-0.1, -0.05) is 87.4 Å². The van der Waals surface area contributed by atoms with Gasteiger partial charge in [0.05, 0.1) is 79.3 Å². The van der Waals surface area contributed by atoms with Crippen LogP contribution in [0.15, 0.2) is 60.7 Å². The van der Waals surface area contributed by atoms with Crippen molar-refractivity contribution >= 4 is 18.7 Å². The molecule has 0 spiro atoms. The van der Waals surface area contributed by atoms with Gasteiger partial charge in [-0.25, -0.2) is 0 Å². The van der Waals surface area contributed by atoms with Crippen LogP contribution in [-0.4, -0.2) is 94.2 Å². The minimum Gasteiger partial charge on any atom is -0.405 e. The van der Waals surface area contributed by atoms with Crippen LogP contribution in [0, 0.1) is 12.3 Å². The second-order valence-electron chi connectivity index (χ2n) is 9.83. The van der Waals surface area contributed by atoms with Gasteiger partial charge in [-0.15, -0.1) is 6.42 Å². The molecule has 0 N–H and O–H groups in total. The summed E-state index contributed by atoms with van der Waals surface area (Å²) in [6, 6.07) is 21.3. The smallest absolute Gasteiger partial charge is 0.261 e. The van der Waals surface area contributed by atoms with Crippen molar-refractivity contribution in [3.63, 3.8) is 0 Å². The third-order valence-electron chi connectivity index (χ3n) is 6.01. The Balaban J connectivity index is 1.55. The second kappa shape index (κ2) is 19.9. The highest BCUT2D eigenvalue weighted by Crippen LogP contribution is 2.36. The molecule has 0 aliphatic heterocycles. The molecule has 39 heavy (non-hydrogen) atoms. The van der Waals surface area contributed by atoms with Crippen LogP contribution in [0.25, 0.3) is 0 Å². The van der Waals surface area contributed by atoms with E-state index >= 15 is 0 Å². The molecular formula is C31H46O7Si. The van der Waals surface area contributed by atoms with E-state index in [1.807, 2.05) is 0 Å². The zero-order valence-corrected chi connectivity index (χ0v) is 24.9. The fraction of sp³-hybridized carbons (Fsp3) is 0.548. The van der Waals surface area contributed by atoms with Crippen LogP contribution >= 0.6 is 0 Å². The molecule has 0 aromatic heterocycles. The van der Waals surface area contributed by atoms with Gasteiger partial charge in [0.1, 0.15) is 6.61 Å². The van der Waals surface area contributed by atoms with E-state index in [2.05, 4.69) is 87.4 Å². The van der Waals surface area contributed by atoms with Gasteiger partial charge in [0.2, 0.25) is 0 Å². The Bertz CT molecular complexity index is 857. The van der Waals surface area contributed by atoms with Crippen LogP contribution in [0.3, 0.4) is 0 Å². The summed E-state index contributed by atoms with van der Waals surface area (Å²) in [7, 11) is -2.52. The van der Waals surface area contributed by atoms with Crippen molar-refractivity contribution in [3.05, 3.63) is 60.7 Å².